The highest BCUT2D eigenvalue weighted by molar-refractivity contribution is 7.96. The Morgan fingerprint density at radius 1 is 1.30 bits per heavy atom. The van der Waals surface area contributed by atoms with Crippen LogP contribution in [0.5, 0.6) is 6.01 Å². The Morgan fingerprint density at radius 3 is 2.88 bits per heavy atom. The van der Waals surface area contributed by atoms with Crippen molar-refractivity contribution in [1.82, 2.24) is 14.3 Å². The number of carbonyl (C=O) groups excluding carboxylic acids is 1. The van der Waals surface area contributed by atoms with E-state index in [1.807, 2.05) is 11.9 Å². The molecule has 1 aliphatic carbocycles. The third-order valence-electron chi connectivity index (χ3n) is 5.94. The lowest BCUT2D eigenvalue weighted by Gasteiger charge is -2.24. The SMILES string of the molecule is CCCCOc1nc(N)c2c(n1)N(Cc1cccc(CN(CC3CC3)SC)c1)CCC(=O)N2. The van der Waals surface area contributed by atoms with Crippen LogP contribution in [0.1, 0.15) is 50.2 Å². The Morgan fingerprint density at radius 2 is 2.12 bits per heavy atom. The maximum Gasteiger partial charge on any atom is 0.320 e. The molecule has 33 heavy (non-hydrogen) atoms. The molecule has 1 saturated carbocycles. The van der Waals surface area contributed by atoms with E-state index in [1.54, 1.807) is 0 Å². The number of nitrogens with zero attached hydrogens (tertiary/aromatic N) is 4. The molecular formula is C24H34N6O2S. The summed E-state index contributed by atoms with van der Waals surface area (Å²) in [5.74, 6) is 1.62. The first-order chi connectivity index (χ1) is 16.1. The van der Waals surface area contributed by atoms with Crippen molar-refractivity contribution in [3.8, 4) is 6.01 Å². The normalized spacial score (nSPS) is 15.8. The van der Waals surface area contributed by atoms with Crippen molar-refractivity contribution in [3.05, 3.63) is 35.4 Å². The molecule has 4 rings (SSSR count). The standard InChI is InChI=1S/C24H34N6O2S/c1-3-4-12-32-24-27-22(25)21-23(28-24)29(11-10-20(31)26-21)14-18-6-5-7-19(13-18)16-30(33-2)15-17-8-9-17/h5-7,13,17H,3-4,8-12,14-16H2,1-2H3,(H,26,31)(H2,25,27,28). The van der Waals surface area contributed by atoms with Crippen LogP contribution in [-0.4, -0.2) is 46.1 Å². The van der Waals surface area contributed by atoms with Gasteiger partial charge in [0.2, 0.25) is 5.91 Å². The van der Waals surface area contributed by atoms with E-state index in [2.05, 4.69) is 61.9 Å². The van der Waals surface area contributed by atoms with Crippen molar-refractivity contribution in [3.63, 3.8) is 0 Å². The molecule has 0 unspecified atom stereocenters. The zero-order valence-corrected chi connectivity index (χ0v) is 20.4. The molecule has 2 heterocycles. The quantitative estimate of drug-likeness (QED) is 0.375. The zero-order valence-electron chi connectivity index (χ0n) is 19.5. The maximum atomic E-state index is 12.3. The molecule has 0 saturated heterocycles. The summed E-state index contributed by atoms with van der Waals surface area (Å²) < 4.78 is 8.16. The number of nitrogens with one attached hydrogen (secondary N) is 1. The Hall–Kier alpha value is -2.52. The van der Waals surface area contributed by atoms with Crippen LogP contribution in [-0.2, 0) is 17.9 Å². The number of ether oxygens (including phenoxy) is 1. The smallest absolute Gasteiger partial charge is 0.320 e. The van der Waals surface area contributed by atoms with Gasteiger partial charge in [0.25, 0.3) is 0 Å². The van der Waals surface area contributed by atoms with Crippen LogP contribution in [0.25, 0.3) is 0 Å². The summed E-state index contributed by atoms with van der Waals surface area (Å²) in [6, 6.07) is 8.91. The lowest BCUT2D eigenvalue weighted by atomic mass is 10.1. The summed E-state index contributed by atoms with van der Waals surface area (Å²) in [5, 5.41) is 2.87. The van der Waals surface area contributed by atoms with Gasteiger partial charge in [-0.2, -0.15) is 9.97 Å². The number of rotatable bonds is 11. The average molecular weight is 471 g/mol. The van der Waals surface area contributed by atoms with Crippen molar-refractivity contribution < 1.29 is 9.53 Å². The highest BCUT2D eigenvalue weighted by Crippen LogP contribution is 2.34. The fourth-order valence-corrected chi connectivity index (χ4v) is 4.54. The number of hydrogen-bond donors (Lipinski definition) is 2. The largest absolute Gasteiger partial charge is 0.463 e. The first kappa shape index (κ1) is 23.6. The number of aromatic nitrogens is 2. The molecule has 1 fully saturated rings. The van der Waals surface area contributed by atoms with Crippen LogP contribution < -0.4 is 20.7 Å². The molecule has 1 amide bonds. The van der Waals surface area contributed by atoms with Gasteiger partial charge in [0.15, 0.2) is 11.6 Å². The number of anilines is 3. The summed E-state index contributed by atoms with van der Waals surface area (Å²) in [6.45, 7) is 5.89. The zero-order chi connectivity index (χ0) is 23.2. The number of nitrogens with two attached hydrogens (primary N) is 1. The minimum absolute atomic E-state index is 0.0851. The fraction of sp³-hybridized carbons (Fsp3) is 0.542. The Balaban J connectivity index is 1.53. The molecule has 2 aromatic rings. The summed E-state index contributed by atoms with van der Waals surface area (Å²) in [7, 11) is 0. The van der Waals surface area contributed by atoms with Gasteiger partial charge in [-0.25, -0.2) is 4.31 Å². The minimum Gasteiger partial charge on any atom is -0.463 e. The monoisotopic (exact) mass is 470 g/mol. The lowest BCUT2D eigenvalue weighted by molar-refractivity contribution is -0.115. The second-order valence-corrected chi connectivity index (χ2v) is 9.66. The highest BCUT2D eigenvalue weighted by atomic mass is 32.2. The third kappa shape index (κ3) is 6.51. The fourth-order valence-electron chi connectivity index (χ4n) is 3.91. The topological polar surface area (TPSA) is 96.6 Å². The molecule has 1 aromatic heterocycles. The molecule has 0 radical (unpaired) electrons. The molecule has 8 nitrogen and oxygen atoms in total. The Kier molecular flexibility index (Phi) is 7.93. The number of unbranched alkanes of at least 4 members (excludes halogenated alkanes) is 1. The molecule has 9 heteroatoms. The molecule has 1 aromatic carbocycles. The summed E-state index contributed by atoms with van der Waals surface area (Å²) in [4.78, 5) is 23.3. The van der Waals surface area contributed by atoms with E-state index in [9.17, 15) is 4.79 Å². The number of nitrogen functional groups attached to an aromatic ring is 1. The van der Waals surface area contributed by atoms with Crippen molar-refractivity contribution in [1.29, 1.82) is 0 Å². The molecule has 0 atom stereocenters. The van der Waals surface area contributed by atoms with E-state index in [1.165, 1.54) is 24.0 Å². The van der Waals surface area contributed by atoms with Crippen molar-refractivity contribution in [2.75, 3.05) is 41.9 Å². The van der Waals surface area contributed by atoms with Crippen LogP contribution >= 0.6 is 11.9 Å². The van der Waals surface area contributed by atoms with Gasteiger partial charge in [0, 0.05) is 32.6 Å². The summed E-state index contributed by atoms with van der Waals surface area (Å²) >= 11 is 1.81. The minimum atomic E-state index is -0.0851. The molecule has 3 N–H and O–H groups in total. The predicted octanol–water partition coefficient (Wildman–Crippen LogP) is 4.08. The van der Waals surface area contributed by atoms with Gasteiger partial charge in [-0.15, -0.1) is 0 Å². The van der Waals surface area contributed by atoms with Crippen LogP contribution in [0.3, 0.4) is 0 Å². The van der Waals surface area contributed by atoms with Crippen molar-refractivity contribution in [2.45, 2.75) is 52.1 Å². The molecule has 1 aliphatic heterocycles. The summed E-state index contributed by atoms with van der Waals surface area (Å²) in [6.07, 6.45) is 7.16. The number of carbonyl (C=O) groups is 1. The highest BCUT2D eigenvalue weighted by Gasteiger charge is 2.26. The number of hydrogen-bond acceptors (Lipinski definition) is 8. The van der Waals surface area contributed by atoms with Gasteiger partial charge in [0.1, 0.15) is 5.69 Å². The predicted molar refractivity (Wildman–Crippen MR) is 134 cm³/mol. The summed E-state index contributed by atoms with van der Waals surface area (Å²) in [5.41, 5.74) is 9.12. The molecule has 178 valence electrons. The Bertz CT molecular complexity index is 968. The van der Waals surface area contributed by atoms with Gasteiger partial charge in [-0.3, -0.25) is 4.79 Å². The first-order valence-electron chi connectivity index (χ1n) is 11.8. The van der Waals surface area contributed by atoms with Crippen LogP contribution in [0.4, 0.5) is 17.3 Å². The molecular weight excluding hydrogens is 436 g/mol. The van der Waals surface area contributed by atoms with Crippen LogP contribution in [0, 0.1) is 5.92 Å². The Labute approximate surface area is 200 Å². The third-order valence-corrected chi connectivity index (χ3v) is 6.73. The average Bonchev–Trinajstić information content (AvgIpc) is 3.63. The van der Waals surface area contributed by atoms with Crippen LogP contribution in [0.2, 0.25) is 0 Å². The first-order valence-corrected chi connectivity index (χ1v) is 13.0. The van der Waals surface area contributed by atoms with Gasteiger partial charge in [-0.1, -0.05) is 49.6 Å². The van der Waals surface area contributed by atoms with E-state index in [0.29, 0.717) is 37.6 Å². The maximum absolute atomic E-state index is 12.3. The van der Waals surface area contributed by atoms with E-state index >= 15 is 0 Å². The second-order valence-electron chi connectivity index (χ2n) is 8.78. The second kappa shape index (κ2) is 11.1. The van der Waals surface area contributed by atoms with Gasteiger partial charge in [-0.05, 0) is 42.6 Å². The van der Waals surface area contributed by atoms with E-state index in [4.69, 9.17) is 10.5 Å². The number of fused-ring (bicyclic) bond motifs is 1. The molecule has 0 spiro atoms. The van der Waals surface area contributed by atoms with Crippen molar-refractivity contribution >= 4 is 35.2 Å². The van der Waals surface area contributed by atoms with Gasteiger partial charge < -0.3 is 20.7 Å². The lowest BCUT2D eigenvalue weighted by Crippen LogP contribution is -2.25. The van der Waals surface area contributed by atoms with Crippen molar-refractivity contribution in [2.24, 2.45) is 5.92 Å². The van der Waals surface area contributed by atoms with E-state index in [0.717, 1.165) is 31.8 Å². The van der Waals surface area contributed by atoms with Gasteiger partial charge in [0.05, 0.1) is 6.61 Å². The number of benzene rings is 1. The molecule has 2 aliphatic rings. The van der Waals surface area contributed by atoms with E-state index in [-0.39, 0.29) is 17.7 Å². The molecule has 0 bridgehead atoms. The van der Waals surface area contributed by atoms with Crippen LogP contribution in [0.15, 0.2) is 24.3 Å². The van der Waals surface area contributed by atoms with E-state index < -0.39 is 0 Å². The number of amides is 1. The van der Waals surface area contributed by atoms with Gasteiger partial charge >= 0.3 is 6.01 Å².